The van der Waals surface area contributed by atoms with Crippen LogP contribution in [0.15, 0.2) is 30.5 Å². The first-order valence-electron chi connectivity index (χ1n) is 8.12. The van der Waals surface area contributed by atoms with E-state index in [1.54, 1.807) is 12.3 Å². The zero-order valence-corrected chi connectivity index (χ0v) is 13.8. The van der Waals surface area contributed by atoms with Gasteiger partial charge in [0.05, 0.1) is 11.7 Å². The zero-order chi connectivity index (χ0) is 16.4. The van der Waals surface area contributed by atoms with Gasteiger partial charge in [0.25, 0.3) is 5.91 Å². The molecule has 5 heteroatoms. The minimum absolute atomic E-state index is 0.0418. The predicted molar refractivity (Wildman–Crippen MR) is 88.0 cm³/mol. The van der Waals surface area contributed by atoms with Crippen LogP contribution in [0.25, 0.3) is 0 Å². The van der Waals surface area contributed by atoms with Crippen molar-refractivity contribution in [3.63, 3.8) is 0 Å². The van der Waals surface area contributed by atoms with Crippen molar-refractivity contribution < 1.29 is 4.79 Å². The molecule has 1 aliphatic rings. The number of pyridine rings is 1. The lowest BCUT2D eigenvalue weighted by molar-refractivity contribution is 0.0925. The topological polar surface area (TPSA) is 67.8 Å². The Kier molecular flexibility index (Phi) is 4.37. The first-order chi connectivity index (χ1) is 11.0. The Hall–Kier alpha value is -2.30. The fourth-order valence-electron chi connectivity index (χ4n) is 2.59. The number of aryl methyl sites for hydroxylation is 1. The van der Waals surface area contributed by atoms with Crippen LogP contribution in [0.5, 0.6) is 0 Å². The van der Waals surface area contributed by atoms with E-state index in [2.05, 4.69) is 20.3 Å². The van der Waals surface area contributed by atoms with Crippen molar-refractivity contribution in [1.29, 1.82) is 0 Å². The second-order valence-electron chi connectivity index (χ2n) is 6.45. The zero-order valence-electron chi connectivity index (χ0n) is 13.8. The van der Waals surface area contributed by atoms with E-state index in [-0.39, 0.29) is 17.9 Å². The van der Waals surface area contributed by atoms with Gasteiger partial charge in [0.15, 0.2) is 0 Å². The summed E-state index contributed by atoms with van der Waals surface area (Å²) < 4.78 is 0. The quantitative estimate of drug-likeness (QED) is 0.921. The second-order valence-corrected chi connectivity index (χ2v) is 6.45. The average Bonchev–Trinajstić information content (AvgIpc) is 3.37. The Balaban J connectivity index is 1.80. The fourth-order valence-corrected chi connectivity index (χ4v) is 2.59. The van der Waals surface area contributed by atoms with Crippen LogP contribution in [0.1, 0.15) is 66.3 Å². The molecule has 0 bridgehead atoms. The van der Waals surface area contributed by atoms with Gasteiger partial charge in [-0.3, -0.25) is 9.78 Å². The Labute approximate surface area is 136 Å². The van der Waals surface area contributed by atoms with E-state index in [9.17, 15) is 4.79 Å². The molecule has 0 spiro atoms. The van der Waals surface area contributed by atoms with Gasteiger partial charge < -0.3 is 5.32 Å². The SMILES string of the molecule is Cc1cccc(C(NC(=O)c2ccnc(C(C)C)n2)C2CC2)n1. The number of aromatic nitrogens is 3. The number of hydrogen-bond donors (Lipinski definition) is 1. The Bertz CT molecular complexity index is 710. The first-order valence-corrected chi connectivity index (χ1v) is 8.12. The summed E-state index contributed by atoms with van der Waals surface area (Å²) in [5, 5.41) is 3.11. The maximum atomic E-state index is 12.6. The molecule has 1 unspecified atom stereocenters. The van der Waals surface area contributed by atoms with Crippen molar-refractivity contribution in [1.82, 2.24) is 20.3 Å². The lowest BCUT2D eigenvalue weighted by Gasteiger charge is -2.18. The van der Waals surface area contributed by atoms with Crippen molar-refractivity contribution in [2.45, 2.75) is 45.6 Å². The molecule has 1 saturated carbocycles. The van der Waals surface area contributed by atoms with Crippen LogP contribution in [-0.2, 0) is 0 Å². The smallest absolute Gasteiger partial charge is 0.270 e. The number of hydrogen-bond acceptors (Lipinski definition) is 4. The Morgan fingerprint density at radius 1 is 1.22 bits per heavy atom. The van der Waals surface area contributed by atoms with Crippen LogP contribution in [0, 0.1) is 12.8 Å². The molecule has 0 saturated heterocycles. The van der Waals surface area contributed by atoms with Crippen molar-refractivity contribution in [3.8, 4) is 0 Å². The number of carbonyl (C=O) groups excluding carboxylic acids is 1. The molecule has 1 fully saturated rings. The third-order valence-electron chi connectivity index (χ3n) is 4.03. The largest absolute Gasteiger partial charge is 0.342 e. The van der Waals surface area contributed by atoms with E-state index in [0.29, 0.717) is 17.4 Å². The normalized spacial score (nSPS) is 15.5. The number of carbonyl (C=O) groups is 1. The van der Waals surface area contributed by atoms with Crippen molar-refractivity contribution in [2.24, 2.45) is 5.92 Å². The van der Waals surface area contributed by atoms with Crippen LogP contribution in [0.4, 0.5) is 0 Å². The molecule has 5 nitrogen and oxygen atoms in total. The highest BCUT2D eigenvalue weighted by atomic mass is 16.2. The molecule has 23 heavy (non-hydrogen) atoms. The van der Waals surface area contributed by atoms with Gasteiger partial charge in [0.2, 0.25) is 0 Å². The molecule has 1 atom stereocenters. The van der Waals surface area contributed by atoms with Gasteiger partial charge in [-0.15, -0.1) is 0 Å². The second kappa shape index (κ2) is 6.44. The van der Waals surface area contributed by atoms with Crippen molar-refractivity contribution in [2.75, 3.05) is 0 Å². The molecule has 0 aliphatic heterocycles. The van der Waals surface area contributed by atoms with E-state index in [1.807, 2.05) is 39.0 Å². The summed E-state index contributed by atoms with van der Waals surface area (Å²) in [6.45, 7) is 6.00. The molecule has 1 amide bonds. The molecule has 2 aromatic rings. The molecular formula is C18H22N4O. The highest BCUT2D eigenvalue weighted by Crippen LogP contribution is 2.40. The summed E-state index contributed by atoms with van der Waals surface area (Å²) in [5.41, 5.74) is 2.31. The average molecular weight is 310 g/mol. The number of nitrogens with one attached hydrogen (secondary N) is 1. The van der Waals surface area contributed by atoms with Crippen LogP contribution < -0.4 is 5.32 Å². The van der Waals surface area contributed by atoms with Gasteiger partial charge in [-0.1, -0.05) is 19.9 Å². The molecule has 1 N–H and O–H groups in total. The van der Waals surface area contributed by atoms with E-state index in [0.717, 1.165) is 24.2 Å². The molecule has 0 radical (unpaired) electrons. The maximum absolute atomic E-state index is 12.6. The molecule has 3 rings (SSSR count). The monoisotopic (exact) mass is 310 g/mol. The van der Waals surface area contributed by atoms with E-state index >= 15 is 0 Å². The summed E-state index contributed by atoms with van der Waals surface area (Å²) in [6, 6.07) is 7.56. The van der Waals surface area contributed by atoms with Crippen LogP contribution in [0.3, 0.4) is 0 Å². The standard InChI is InChI=1S/C18H22N4O/c1-11(2)17-19-10-9-15(21-17)18(23)22-16(13-7-8-13)14-6-4-5-12(3)20-14/h4-6,9-11,13,16H,7-8H2,1-3H3,(H,22,23). The van der Waals surface area contributed by atoms with E-state index in [4.69, 9.17) is 0 Å². The number of rotatable bonds is 5. The molecule has 2 heterocycles. The fraction of sp³-hybridized carbons (Fsp3) is 0.444. The van der Waals surface area contributed by atoms with E-state index < -0.39 is 0 Å². The third-order valence-corrected chi connectivity index (χ3v) is 4.03. The van der Waals surface area contributed by atoms with Gasteiger partial charge in [-0.25, -0.2) is 9.97 Å². The summed E-state index contributed by atoms with van der Waals surface area (Å²) in [4.78, 5) is 25.8. The van der Waals surface area contributed by atoms with Gasteiger partial charge in [0, 0.05) is 17.8 Å². The summed E-state index contributed by atoms with van der Waals surface area (Å²) in [6.07, 6.45) is 3.90. The highest BCUT2D eigenvalue weighted by molar-refractivity contribution is 5.92. The number of amides is 1. The van der Waals surface area contributed by atoms with Crippen LogP contribution >= 0.6 is 0 Å². The highest BCUT2D eigenvalue weighted by Gasteiger charge is 2.34. The van der Waals surface area contributed by atoms with Gasteiger partial charge in [0.1, 0.15) is 11.5 Å². The van der Waals surface area contributed by atoms with Gasteiger partial charge >= 0.3 is 0 Å². The lowest BCUT2D eigenvalue weighted by Crippen LogP contribution is -2.31. The number of nitrogens with zero attached hydrogens (tertiary/aromatic N) is 3. The van der Waals surface area contributed by atoms with Crippen LogP contribution in [-0.4, -0.2) is 20.9 Å². The summed E-state index contributed by atoms with van der Waals surface area (Å²) in [5.74, 6) is 1.20. The Morgan fingerprint density at radius 3 is 2.65 bits per heavy atom. The summed E-state index contributed by atoms with van der Waals surface area (Å²) >= 11 is 0. The maximum Gasteiger partial charge on any atom is 0.270 e. The van der Waals surface area contributed by atoms with Crippen molar-refractivity contribution in [3.05, 3.63) is 53.4 Å². The lowest BCUT2D eigenvalue weighted by atomic mass is 10.1. The molecule has 120 valence electrons. The molecular weight excluding hydrogens is 288 g/mol. The minimum Gasteiger partial charge on any atom is -0.342 e. The van der Waals surface area contributed by atoms with Crippen LogP contribution in [0.2, 0.25) is 0 Å². The molecule has 0 aromatic carbocycles. The minimum atomic E-state index is -0.158. The molecule has 1 aliphatic carbocycles. The van der Waals surface area contributed by atoms with Gasteiger partial charge in [-0.2, -0.15) is 0 Å². The van der Waals surface area contributed by atoms with E-state index in [1.165, 1.54) is 0 Å². The van der Waals surface area contributed by atoms with Crippen molar-refractivity contribution >= 4 is 5.91 Å². The molecule has 2 aromatic heterocycles. The summed E-state index contributed by atoms with van der Waals surface area (Å²) in [7, 11) is 0. The Morgan fingerprint density at radius 2 is 2.00 bits per heavy atom. The van der Waals surface area contributed by atoms with Gasteiger partial charge in [-0.05, 0) is 43.9 Å². The predicted octanol–water partition coefficient (Wildman–Crippen LogP) is 3.18. The first kappa shape index (κ1) is 15.6. The third kappa shape index (κ3) is 3.73.